The third kappa shape index (κ3) is 1.54. The Balaban J connectivity index is 2.35. The van der Waals surface area contributed by atoms with E-state index in [1.165, 1.54) is 11.3 Å². The maximum atomic E-state index is 8.51. The van der Waals surface area contributed by atoms with Crippen molar-refractivity contribution in [3.05, 3.63) is 29.0 Å². The first-order valence-electron chi connectivity index (χ1n) is 4.17. The number of nitrogens with zero attached hydrogens (tertiary/aromatic N) is 2. The first kappa shape index (κ1) is 8.97. The molecule has 0 aromatic carbocycles. The van der Waals surface area contributed by atoms with Crippen LogP contribution in [0.25, 0.3) is 10.8 Å². The lowest BCUT2D eigenvalue weighted by Gasteiger charge is -1.90. The highest BCUT2D eigenvalue weighted by Crippen LogP contribution is 2.27. The lowest BCUT2D eigenvalue weighted by molar-refractivity contribution is 0.580. The first-order chi connectivity index (χ1) is 6.81. The molecule has 0 aliphatic rings. The Morgan fingerprint density at radius 2 is 2.50 bits per heavy atom. The average molecular weight is 204 g/mol. The molecule has 0 atom stereocenters. The summed E-state index contributed by atoms with van der Waals surface area (Å²) in [4.78, 5) is 4.31. The molecular formula is C10H8N2OS. The summed E-state index contributed by atoms with van der Waals surface area (Å²) >= 11 is 1.51. The van der Waals surface area contributed by atoms with Gasteiger partial charge in [0.15, 0.2) is 10.8 Å². The topological polar surface area (TPSA) is 49.8 Å². The normalized spacial score (nSPS) is 10.0. The summed E-state index contributed by atoms with van der Waals surface area (Å²) in [6.45, 7) is 1.98. The van der Waals surface area contributed by atoms with Crippen molar-refractivity contribution < 1.29 is 4.42 Å². The SMILES string of the molecule is Cc1ccoc1-c1nc(CC#N)cs1. The van der Waals surface area contributed by atoms with Gasteiger partial charge in [-0.1, -0.05) is 0 Å². The molecule has 0 spiro atoms. The zero-order valence-corrected chi connectivity index (χ0v) is 8.47. The van der Waals surface area contributed by atoms with Gasteiger partial charge in [-0.25, -0.2) is 4.98 Å². The Bertz CT molecular complexity index is 478. The van der Waals surface area contributed by atoms with E-state index < -0.39 is 0 Å². The van der Waals surface area contributed by atoms with Crippen LogP contribution in [-0.2, 0) is 6.42 Å². The summed E-state index contributed by atoms with van der Waals surface area (Å²) in [5.41, 5.74) is 1.88. The predicted octanol–water partition coefficient (Wildman–Crippen LogP) is 2.78. The highest BCUT2D eigenvalue weighted by Gasteiger charge is 2.09. The highest BCUT2D eigenvalue weighted by atomic mass is 32.1. The Morgan fingerprint density at radius 3 is 3.14 bits per heavy atom. The highest BCUT2D eigenvalue weighted by molar-refractivity contribution is 7.13. The second-order valence-corrected chi connectivity index (χ2v) is 3.77. The number of aromatic nitrogens is 1. The van der Waals surface area contributed by atoms with E-state index in [1.807, 2.05) is 18.4 Å². The van der Waals surface area contributed by atoms with Gasteiger partial charge in [0.25, 0.3) is 0 Å². The van der Waals surface area contributed by atoms with Crippen LogP contribution in [-0.4, -0.2) is 4.98 Å². The van der Waals surface area contributed by atoms with Gasteiger partial charge in [0.05, 0.1) is 24.4 Å². The van der Waals surface area contributed by atoms with Crippen LogP contribution in [0.5, 0.6) is 0 Å². The monoisotopic (exact) mass is 204 g/mol. The molecule has 2 aromatic heterocycles. The Hall–Kier alpha value is -1.60. The largest absolute Gasteiger partial charge is 0.462 e. The molecule has 0 saturated heterocycles. The third-order valence-electron chi connectivity index (χ3n) is 1.87. The second-order valence-electron chi connectivity index (χ2n) is 2.91. The van der Waals surface area contributed by atoms with Crippen LogP contribution in [0.2, 0.25) is 0 Å². The van der Waals surface area contributed by atoms with Gasteiger partial charge in [-0.05, 0) is 18.6 Å². The van der Waals surface area contributed by atoms with Gasteiger partial charge in [-0.15, -0.1) is 11.3 Å². The summed E-state index contributed by atoms with van der Waals surface area (Å²) in [7, 11) is 0. The van der Waals surface area contributed by atoms with Gasteiger partial charge in [-0.3, -0.25) is 0 Å². The fourth-order valence-corrected chi connectivity index (χ4v) is 2.04. The zero-order chi connectivity index (χ0) is 9.97. The fourth-order valence-electron chi connectivity index (χ4n) is 1.17. The van der Waals surface area contributed by atoms with Crippen molar-refractivity contribution >= 4 is 11.3 Å². The van der Waals surface area contributed by atoms with Crippen molar-refractivity contribution in [3.8, 4) is 16.8 Å². The summed E-state index contributed by atoms with van der Waals surface area (Å²) in [6.07, 6.45) is 2.01. The molecular weight excluding hydrogens is 196 g/mol. The first-order valence-corrected chi connectivity index (χ1v) is 5.05. The van der Waals surface area contributed by atoms with Crippen molar-refractivity contribution in [2.75, 3.05) is 0 Å². The van der Waals surface area contributed by atoms with Gasteiger partial charge in [0.1, 0.15) is 0 Å². The number of hydrogen-bond donors (Lipinski definition) is 0. The maximum absolute atomic E-state index is 8.51. The molecule has 3 nitrogen and oxygen atoms in total. The van der Waals surface area contributed by atoms with Crippen LogP contribution < -0.4 is 0 Å². The predicted molar refractivity (Wildman–Crippen MR) is 53.9 cm³/mol. The van der Waals surface area contributed by atoms with E-state index in [2.05, 4.69) is 11.1 Å². The van der Waals surface area contributed by atoms with Crippen LogP contribution >= 0.6 is 11.3 Å². The van der Waals surface area contributed by atoms with Gasteiger partial charge in [0, 0.05) is 5.38 Å². The molecule has 4 heteroatoms. The van der Waals surface area contributed by atoms with Gasteiger partial charge in [0.2, 0.25) is 0 Å². The van der Waals surface area contributed by atoms with Gasteiger partial charge >= 0.3 is 0 Å². The molecule has 0 bridgehead atoms. The minimum absolute atomic E-state index is 0.357. The van der Waals surface area contributed by atoms with E-state index >= 15 is 0 Å². The molecule has 2 aromatic rings. The summed E-state index contributed by atoms with van der Waals surface area (Å²) in [5.74, 6) is 0.805. The molecule has 0 N–H and O–H groups in total. The molecule has 0 unspecified atom stereocenters. The molecule has 0 radical (unpaired) electrons. The molecule has 70 valence electrons. The summed E-state index contributed by atoms with van der Waals surface area (Å²) in [5, 5.41) is 11.2. The molecule has 0 saturated carbocycles. The quantitative estimate of drug-likeness (QED) is 0.755. The number of thiazole rings is 1. The minimum Gasteiger partial charge on any atom is -0.462 e. The molecule has 2 rings (SSSR count). The van der Waals surface area contributed by atoms with Crippen molar-refractivity contribution in [1.82, 2.24) is 4.98 Å². The Labute approximate surface area is 85.6 Å². The lowest BCUT2D eigenvalue weighted by atomic mass is 10.3. The minimum atomic E-state index is 0.357. The van der Waals surface area contributed by atoms with Gasteiger partial charge < -0.3 is 4.42 Å². The lowest BCUT2D eigenvalue weighted by Crippen LogP contribution is -1.81. The van der Waals surface area contributed by atoms with E-state index in [1.54, 1.807) is 6.26 Å². The molecule has 14 heavy (non-hydrogen) atoms. The van der Waals surface area contributed by atoms with E-state index in [0.717, 1.165) is 22.0 Å². The number of aryl methyl sites for hydroxylation is 1. The van der Waals surface area contributed by atoms with Crippen LogP contribution in [0.15, 0.2) is 22.1 Å². The van der Waals surface area contributed by atoms with Gasteiger partial charge in [-0.2, -0.15) is 5.26 Å². The number of furan rings is 1. The zero-order valence-electron chi connectivity index (χ0n) is 7.65. The van der Waals surface area contributed by atoms with E-state index in [9.17, 15) is 0 Å². The number of rotatable bonds is 2. The molecule has 0 aliphatic heterocycles. The van der Waals surface area contributed by atoms with E-state index in [0.29, 0.717) is 6.42 Å². The summed E-state index contributed by atoms with van der Waals surface area (Å²) < 4.78 is 5.31. The van der Waals surface area contributed by atoms with E-state index in [-0.39, 0.29) is 0 Å². The second kappa shape index (κ2) is 3.64. The molecule has 0 amide bonds. The van der Waals surface area contributed by atoms with Crippen molar-refractivity contribution in [2.24, 2.45) is 0 Å². The molecule has 2 heterocycles. The Morgan fingerprint density at radius 1 is 1.64 bits per heavy atom. The van der Waals surface area contributed by atoms with Crippen molar-refractivity contribution in [2.45, 2.75) is 13.3 Å². The van der Waals surface area contributed by atoms with Crippen LogP contribution in [0, 0.1) is 18.3 Å². The molecule has 0 fully saturated rings. The fraction of sp³-hybridized carbons (Fsp3) is 0.200. The van der Waals surface area contributed by atoms with Crippen molar-refractivity contribution in [1.29, 1.82) is 5.26 Å². The average Bonchev–Trinajstić information content (AvgIpc) is 2.74. The van der Waals surface area contributed by atoms with Crippen LogP contribution in [0.4, 0.5) is 0 Å². The number of nitriles is 1. The van der Waals surface area contributed by atoms with Crippen LogP contribution in [0.3, 0.4) is 0 Å². The smallest absolute Gasteiger partial charge is 0.165 e. The third-order valence-corrected chi connectivity index (χ3v) is 2.76. The van der Waals surface area contributed by atoms with Crippen molar-refractivity contribution in [3.63, 3.8) is 0 Å². The maximum Gasteiger partial charge on any atom is 0.165 e. The summed E-state index contributed by atoms with van der Waals surface area (Å²) in [6, 6.07) is 3.97. The standard InChI is InChI=1S/C10H8N2OS/c1-7-3-5-13-9(7)10-12-8(2-4-11)6-14-10/h3,5-6H,2H2,1H3. The molecule has 0 aliphatic carbocycles. The van der Waals surface area contributed by atoms with E-state index in [4.69, 9.17) is 9.68 Å². The number of hydrogen-bond acceptors (Lipinski definition) is 4. The van der Waals surface area contributed by atoms with Crippen LogP contribution in [0.1, 0.15) is 11.3 Å². The Kier molecular flexibility index (Phi) is 2.33.